The van der Waals surface area contributed by atoms with E-state index >= 15 is 0 Å². The van der Waals surface area contributed by atoms with Gasteiger partial charge < -0.3 is 9.64 Å². The number of benzene rings is 1. The Balaban J connectivity index is 2.14. The van der Waals surface area contributed by atoms with Crippen molar-refractivity contribution in [3.05, 3.63) is 36.0 Å². The van der Waals surface area contributed by atoms with E-state index in [4.69, 9.17) is 4.74 Å². The number of anilines is 1. The van der Waals surface area contributed by atoms with Crippen LogP contribution in [0.25, 0.3) is 10.9 Å². The zero-order chi connectivity index (χ0) is 15.9. The number of para-hydroxylation sites is 1. The predicted molar refractivity (Wildman–Crippen MR) is 79.0 cm³/mol. The van der Waals surface area contributed by atoms with Gasteiger partial charge in [-0.1, -0.05) is 18.2 Å². The van der Waals surface area contributed by atoms with Crippen molar-refractivity contribution in [1.82, 2.24) is 4.98 Å². The maximum absolute atomic E-state index is 13.1. The lowest BCUT2D eigenvalue weighted by Crippen LogP contribution is -2.45. The molecule has 2 heterocycles. The normalized spacial score (nSPS) is 23.0. The minimum absolute atomic E-state index is 0.0231. The SMILES string of the molecule is CC1CN(c2cc(C(F)(F)F)nc3ccccc23)CC(C)O1. The van der Waals surface area contributed by atoms with Crippen LogP contribution >= 0.6 is 0 Å². The van der Waals surface area contributed by atoms with Crippen LogP contribution in [0.2, 0.25) is 0 Å². The predicted octanol–water partition coefficient (Wildman–Crippen LogP) is 3.87. The van der Waals surface area contributed by atoms with Crippen LogP contribution in [0.15, 0.2) is 30.3 Å². The van der Waals surface area contributed by atoms with Gasteiger partial charge in [0.25, 0.3) is 0 Å². The van der Waals surface area contributed by atoms with Crippen molar-refractivity contribution in [2.24, 2.45) is 0 Å². The molecule has 1 aromatic heterocycles. The zero-order valence-electron chi connectivity index (χ0n) is 12.4. The van der Waals surface area contributed by atoms with E-state index in [0.29, 0.717) is 24.3 Å². The van der Waals surface area contributed by atoms with E-state index < -0.39 is 11.9 Å². The molecule has 1 aliphatic heterocycles. The quantitative estimate of drug-likeness (QED) is 0.799. The summed E-state index contributed by atoms with van der Waals surface area (Å²) in [6, 6.07) is 8.08. The number of ether oxygens (including phenoxy) is 1. The average Bonchev–Trinajstić information content (AvgIpc) is 2.44. The molecule has 0 saturated carbocycles. The Kier molecular flexibility index (Phi) is 3.72. The lowest BCUT2D eigenvalue weighted by Gasteiger charge is -2.37. The van der Waals surface area contributed by atoms with E-state index in [1.165, 1.54) is 0 Å². The number of nitrogens with zero attached hydrogens (tertiary/aromatic N) is 2. The van der Waals surface area contributed by atoms with E-state index in [1.54, 1.807) is 12.1 Å². The molecule has 118 valence electrons. The summed E-state index contributed by atoms with van der Waals surface area (Å²) < 4.78 is 45.0. The molecule has 0 radical (unpaired) electrons. The second-order valence-electron chi connectivity index (χ2n) is 5.70. The molecule has 2 atom stereocenters. The zero-order valence-corrected chi connectivity index (χ0v) is 12.4. The number of aromatic nitrogens is 1. The number of fused-ring (bicyclic) bond motifs is 1. The third kappa shape index (κ3) is 2.88. The van der Waals surface area contributed by atoms with Crippen LogP contribution in [0.1, 0.15) is 19.5 Å². The summed E-state index contributed by atoms with van der Waals surface area (Å²) in [5.74, 6) is 0. The molecule has 6 heteroatoms. The number of hydrogen-bond acceptors (Lipinski definition) is 3. The van der Waals surface area contributed by atoms with Gasteiger partial charge in [-0.2, -0.15) is 13.2 Å². The standard InChI is InChI=1S/C16H17F3N2O/c1-10-8-21(9-11(2)22-10)14-7-15(16(17,18)19)20-13-6-4-3-5-12(13)14/h3-7,10-11H,8-9H2,1-2H3. The van der Waals surface area contributed by atoms with E-state index in [-0.39, 0.29) is 12.2 Å². The Morgan fingerprint density at radius 2 is 1.77 bits per heavy atom. The van der Waals surface area contributed by atoms with Gasteiger partial charge in [-0.25, -0.2) is 4.98 Å². The highest BCUT2D eigenvalue weighted by molar-refractivity contribution is 5.92. The van der Waals surface area contributed by atoms with Crippen molar-refractivity contribution in [1.29, 1.82) is 0 Å². The molecule has 0 aliphatic carbocycles. The summed E-state index contributed by atoms with van der Waals surface area (Å²) in [5, 5.41) is 0.733. The van der Waals surface area contributed by atoms with Gasteiger partial charge in [0, 0.05) is 24.2 Å². The van der Waals surface area contributed by atoms with Crippen LogP contribution in [-0.2, 0) is 10.9 Å². The summed E-state index contributed by atoms with van der Waals surface area (Å²) in [5.41, 5.74) is 0.0760. The second-order valence-corrected chi connectivity index (χ2v) is 5.70. The molecule has 3 rings (SSSR count). The van der Waals surface area contributed by atoms with Crippen molar-refractivity contribution >= 4 is 16.6 Å². The van der Waals surface area contributed by atoms with Gasteiger partial charge in [-0.15, -0.1) is 0 Å². The molecular weight excluding hydrogens is 293 g/mol. The fourth-order valence-corrected chi connectivity index (χ4v) is 2.94. The Morgan fingerprint density at radius 1 is 1.14 bits per heavy atom. The molecule has 3 nitrogen and oxygen atoms in total. The Morgan fingerprint density at radius 3 is 2.41 bits per heavy atom. The average molecular weight is 310 g/mol. The first-order valence-corrected chi connectivity index (χ1v) is 7.22. The molecule has 1 saturated heterocycles. The molecule has 2 unspecified atom stereocenters. The topological polar surface area (TPSA) is 25.4 Å². The maximum atomic E-state index is 13.1. The first-order valence-electron chi connectivity index (χ1n) is 7.22. The Labute approximate surface area is 126 Å². The van der Waals surface area contributed by atoms with Crippen molar-refractivity contribution < 1.29 is 17.9 Å². The maximum Gasteiger partial charge on any atom is 0.433 e. The Hall–Kier alpha value is -1.82. The fourth-order valence-electron chi connectivity index (χ4n) is 2.94. The first kappa shape index (κ1) is 15.1. The minimum Gasteiger partial charge on any atom is -0.372 e. The molecule has 0 N–H and O–H groups in total. The lowest BCUT2D eigenvalue weighted by atomic mass is 10.1. The second kappa shape index (κ2) is 5.43. The smallest absolute Gasteiger partial charge is 0.372 e. The highest BCUT2D eigenvalue weighted by Gasteiger charge is 2.34. The van der Waals surface area contributed by atoms with Crippen molar-refractivity contribution in [2.45, 2.75) is 32.2 Å². The number of hydrogen-bond donors (Lipinski definition) is 0. The molecule has 1 aliphatic rings. The van der Waals surface area contributed by atoms with Gasteiger partial charge in [0.1, 0.15) is 5.69 Å². The first-order chi connectivity index (χ1) is 10.3. The summed E-state index contributed by atoms with van der Waals surface area (Å²) in [6.07, 6.45) is -4.50. The monoisotopic (exact) mass is 310 g/mol. The molecule has 0 bridgehead atoms. The fraction of sp³-hybridized carbons (Fsp3) is 0.438. The van der Waals surface area contributed by atoms with Crippen molar-refractivity contribution in [3.63, 3.8) is 0 Å². The van der Waals surface area contributed by atoms with E-state index in [9.17, 15) is 13.2 Å². The van der Waals surface area contributed by atoms with Crippen LogP contribution in [0, 0.1) is 0 Å². The molecule has 2 aromatic rings. The van der Waals surface area contributed by atoms with E-state index in [1.807, 2.05) is 30.9 Å². The Bertz CT molecular complexity index is 677. The highest BCUT2D eigenvalue weighted by atomic mass is 19.4. The number of alkyl halides is 3. The molecule has 1 fully saturated rings. The summed E-state index contributed by atoms with van der Waals surface area (Å²) in [7, 11) is 0. The summed E-state index contributed by atoms with van der Waals surface area (Å²) in [4.78, 5) is 5.71. The van der Waals surface area contributed by atoms with Gasteiger partial charge in [0.2, 0.25) is 0 Å². The number of rotatable bonds is 1. The van der Waals surface area contributed by atoms with E-state index in [0.717, 1.165) is 11.5 Å². The van der Waals surface area contributed by atoms with Crippen LogP contribution in [0.5, 0.6) is 0 Å². The molecule has 22 heavy (non-hydrogen) atoms. The summed E-state index contributed by atoms with van der Waals surface area (Å²) in [6.45, 7) is 4.98. The van der Waals surface area contributed by atoms with Crippen LogP contribution in [0.3, 0.4) is 0 Å². The number of morpholine rings is 1. The van der Waals surface area contributed by atoms with Gasteiger partial charge in [-0.05, 0) is 26.0 Å². The van der Waals surface area contributed by atoms with Crippen molar-refractivity contribution in [2.75, 3.05) is 18.0 Å². The van der Waals surface area contributed by atoms with Crippen LogP contribution < -0.4 is 4.90 Å². The van der Waals surface area contributed by atoms with Gasteiger partial charge >= 0.3 is 6.18 Å². The molecule has 0 spiro atoms. The lowest BCUT2D eigenvalue weighted by molar-refractivity contribution is -0.140. The number of halogens is 3. The number of pyridine rings is 1. The van der Waals surface area contributed by atoms with E-state index in [2.05, 4.69) is 4.98 Å². The van der Waals surface area contributed by atoms with Crippen molar-refractivity contribution in [3.8, 4) is 0 Å². The minimum atomic E-state index is -4.46. The third-order valence-electron chi connectivity index (χ3n) is 3.75. The largest absolute Gasteiger partial charge is 0.433 e. The van der Waals surface area contributed by atoms with Gasteiger partial charge in [0.15, 0.2) is 0 Å². The summed E-state index contributed by atoms with van der Waals surface area (Å²) >= 11 is 0. The molecule has 1 aromatic carbocycles. The molecular formula is C16H17F3N2O. The van der Waals surface area contributed by atoms with Gasteiger partial charge in [0.05, 0.1) is 17.7 Å². The van der Waals surface area contributed by atoms with Crippen LogP contribution in [-0.4, -0.2) is 30.3 Å². The molecule has 0 amide bonds. The third-order valence-corrected chi connectivity index (χ3v) is 3.75. The highest BCUT2D eigenvalue weighted by Crippen LogP contribution is 2.35. The van der Waals surface area contributed by atoms with Gasteiger partial charge in [-0.3, -0.25) is 0 Å². The van der Waals surface area contributed by atoms with Crippen LogP contribution in [0.4, 0.5) is 18.9 Å².